The Labute approximate surface area is 133 Å². The van der Waals surface area contributed by atoms with Crippen molar-refractivity contribution < 1.29 is 13.9 Å². The van der Waals surface area contributed by atoms with Gasteiger partial charge < -0.3 is 14.4 Å². The van der Waals surface area contributed by atoms with Gasteiger partial charge in [-0.25, -0.2) is 19.3 Å². The minimum Gasteiger partial charge on any atom is -0.470 e. The highest BCUT2D eigenvalue weighted by Gasteiger charge is 2.46. The van der Waals surface area contributed by atoms with Gasteiger partial charge >= 0.3 is 0 Å². The second-order valence-electron chi connectivity index (χ2n) is 5.72. The fraction of sp³-hybridized carbons (Fsp3) is 0.438. The van der Waals surface area contributed by atoms with Gasteiger partial charge in [0.1, 0.15) is 12.2 Å². The first-order chi connectivity index (χ1) is 11.3. The zero-order chi connectivity index (χ0) is 15.6. The highest BCUT2D eigenvalue weighted by Crippen LogP contribution is 2.33. The average molecular weight is 316 g/mol. The lowest BCUT2D eigenvalue weighted by atomic mass is 10.0. The summed E-state index contributed by atoms with van der Waals surface area (Å²) < 4.78 is 25.0. The van der Waals surface area contributed by atoms with Gasteiger partial charge in [0.05, 0.1) is 25.0 Å². The SMILES string of the molecule is Fc1cnc(N2C[C@@H](Oc3ccccn3)[C@H]3OCCC[C@H]32)nc1. The minimum atomic E-state index is -0.439. The van der Waals surface area contributed by atoms with Crippen LogP contribution in [-0.2, 0) is 4.74 Å². The third-order valence-corrected chi connectivity index (χ3v) is 4.25. The standard InChI is InChI=1S/C16H17FN4O2/c17-11-8-19-16(20-9-11)21-10-13(15-12(21)4-3-7-22-15)23-14-5-1-2-6-18-14/h1-2,5-6,8-9,12-13,15H,3-4,7,10H2/t12-,13-,15+/m1/s1. The topological polar surface area (TPSA) is 60.4 Å². The van der Waals surface area contributed by atoms with Crippen LogP contribution in [0.1, 0.15) is 12.8 Å². The predicted molar refractivity (Wildman–Crippen MR) is 80.8 cm³/mol. The van der Waals surface area contributed by atoms with Crippen molar-refractivity contribution in [1.29, 1.82) is 0 Å². The van der Waals surface area contributed by atoms with Gasteiger partial charge in [0.25, 0.3) is 0 Å². The molecule has 2 aliphatic heterocycles. The summed E-state index contributed by atoms with van der Waals surface area (Å²) in [5.41, 5.74) is 0. The molecule has 23 heavy (non-hydrogen) atoms. The van der Waals surface area contributed by atoms with E-state index in [9.17, 15) is 4.39 Å². The van der Waals surface area contributed by atoms with Crippen molar-refractivity contribution in [1.82, 2.24) is 15.0 Å². The number of nitrogens with zero attached hydrogens (tertiary/aromatic N) is 4. The number of halogens is 1. The van der Waals surface area contributed by atoms with Crippen LogP contribution in [0.3, 0.4) is 0 Å². The summed E-state index contributed by atoms with van der Waals surface area (Å²) in [5, 5.41) is 0. The van der Waals surface area contributed by atoms with Gasteiger partial charge in [-0.1, -0.05) is 6.07 Å². The molecule has 0 aliphatic carbocycles. The van der Waals surface area contributed by atoms with E-state index in [-0.39, 0.29) is 18.2 Å². The molecule has 7 heteroatoms. The van der Waals surface area contributed by atoms with E-state index in [1.54, 1.807) is 6.20 Å². The number of fused-ring (bicyclic) bond motifs is 1. The maximum atomic E-state index is 13.1. The molecule has 0 radical (unpaired) electrons. The van der Waals surface area contributed by atoms with E-state index in [4.69, 9.17) is 9.47 Å². The van der Waals surface area contributed by atoms with E-state index in [0.29, 0.717) is 18.4 Å². The summed E-state index contributed by atoms with van der Waals surface area (Å²) in [7, 11) is 0. The smallest absolute Gasteiger partial charge is 0.225 e. The largest absolute Gasteiger partial charge is 0.470 e. The number of aromatic nitrogens is 3. The lowest BCUT2D eigenvalue weighted by molar-refractivity contribution is -0.0372. The molecule has 4 heterocycles. The average Bonchev–Trinajstić information content (AvgIpc) is 2.95. The molecule has 0 N–H and O–H groups in total. The van der Waals surface area contributed by atoms with Crippen LogP contribution in [-0.4, -0.2) is 46.4 Å². The molecule has 2 saturated heterocycles. The van der Waals surface area contributed by atoms with E-state index < -0.39 is 5.82 Å². The number of hydrogen-bond donors (Lipinski definition) is 0. The number of ether oxygens (including phenoxy) is 2. The van der Waals surface area contributed by atoms with E-state index >= 15 is 0 Å². The maximum absolute atomic E-state index is 13.1. The predicted octanol–water partition coefficient (Wildman–Crippen LogP) is 1.83. The quantitative estimate of drug-likeness (QED) is 0.861. The van der Waals surface area contributed by atoms with Gasteiger partial charge in [-0.05, 0) is 18.9 Å². The molecular weight excluding hydrogens is 299 g/mol. The molecule has 2 aromatic heterocycles. The van der Waals surface area contributed by atoms with E-state index in [1.165, 1.54) is 12.4 Å². The van der Waals surface area contributed by atoms with Crippen molar-refractivity contribution in [3.05, 3.63) is 42.6 Å². The Bertz CT molecular complexity index is 655. The molecule has 0 unspecified atom stereocenters. The van der Waals surface area contributed by atoms with E-state index in [0.717, 1.165) is 19.4 Å². The van der Waals surface area contributed by atoms with Crippen LogP contribution in [0.25, 0.3) is 0 Å². The fourth-order valence-electron chi connectivity index (χ4n) is 3.27. The van der Waals surface area contributed by atoms with Crippen molar-refractivity contribution in [3.63, 3.8) is 0 Å². The molecular formula is C16H17FN4O2. The second kappa shape index (κ2) is 6.08. The minimum absolute atomic E-state index is 0.0561. The Kier molecular flexibility index (Phi) is 3.78. The van der Waals surface area contributed by atoms with Crippen molar-refractivity contribution >= 4 is 5.95 Å². The zero-order valence-corrected chi connectivity index (χ0v) is 12.5. The summed E-state index contributed by atoms with van der Waals surface area (Å²) in [6.07, 6.45) is 5.83. The van der Waals surface area contributed by atoms with Crippen LogP contribution in [0.15, 0.2) is 36.8 Å². The summed E-state index contributed by atoms with van der Waals surface area (Å²) in [5.74, 6) is 0.650. The molecule has 120 valence electrons. The van der Waals surface area contributed by atoms with Crippen molar-refractivity contribution in [2.75, 3.05) is 18.1 Å². The van der Waals surface area contributed by atoms with Crippen LogP contribution in [0.2, 0.25) is 0 Å². The van der Waals surface area contributed by atoms with E-state index in [1.807, 2.05) is 18.2 Å². The van der Waals surface area contributed by atoms with Crippen molar-refractivity contribution in [2.24, 2.45) is 0 Å². The van der Waals surface area contributed by atoms with Crippen molar-refractivity contribution in [2.45, 2.75) is 31.1 Å². The molecule has 0 amide bonds. The molecule has 2 fully saturated rings. The van der Waals surface area contributed by atoms with Gasteiger partial charge in [0.15, 0.2) is 5.82 Å². The summed E-state index contributed by atoms with van der Waals surface area (Å²) >= 11 is 0. The number of rotatable bonds is 3. The summed E-state index contributed by atoms with van der Waals surface area (Å²) in [6.45, 7) is 1.32. The molecule has 3 atom stereocenters. The number of pyridine rings is 1. The molecule has 0 bridgehead atoms. The highest BCUT2D eigenvalue weighted by atomic mass is 19.1. The highest BCUT2D eigenvalue weighted by molar-refractivity contribution is 5.36. The molecule has 6 nitrogen and oxygen atoms in total. The van der Waals surface area contributed by atoms with Crippen LogP contribution in [0, 0.1) is 5.82 Å². The second-order valence-corrected chi connectivity index (χ2v) is 5.72. The van der Waals surface area contributed by atoms with Crippen LogP contribution in [0.5, 0.6) is 5.88 Å². The van der Waals surface area contributed by atoms with Crippen LogP contribution in [0.4, 0.5) is 10.3 Å². The third-order valence-electron chi connectivity index (χ3n) is 4.25. The Morgan fingerprint density at radius 3 is 2.87 bits per heavy atom. The molecule has 0 aromatic carbocycles. The number of hydrogen-bond acceptors (Lipinski definition) is 6. The molecule has 2 aromatic rings. The Morgan fingerprint density at radius 2 is 2.09 bits per heavy atom. The molecule has 0 saturated carbocycles. The summed E-state index contributed by atoms with van der Waals surface area (Å²) in [6, 6.07) is 5.70. The Balaban J connectivity index is 1.58. The first kappa shape index (κ1) is 14.3. The summed E-state index contributed by atoms with van der Waals surface area (Å²) in [4.78, 5) is 14.5. The van der Waals surface area contributed by atoms with Crippen LogP contribution >= 0.6 is 0 Å². The third kappa shape index (κ3) is 2.84. The molecule has 2 aliphatic rings. The lowest BCUT2D eigenvalue weighted by Crippen LogP contribution is -2.43. The molecule has 4 rings (SSSR count). The van der Waals surface area contributed by atoms with Gasteiger partial charge in [0.2, 0.25) is 11.8 Å². The zero-order valence-electron chi connectivity index (χ0n) is 12.5. The first-order valence-corrected chi connectivity index (χ1v) is 7.75. The Hall–Kier alpha value is -2.28. The number of anilines is 1. The van der Waals surface area contributed by atoms with E-state index in [2.05, 4.69) is 19.9 Å². The van der Waals surface area contributed by atoms with Gasteiger partial charge in [0, 0.05) is 18.9 Å². The van der Waals surface area contributed by atoms with Crippen LogP contribution < -0.4 is 9.64 Å². The maximum Gasteiger partial charge on any atom is 0.225 e. The van der Waals surface area contributed by atoms with Gasteiger partial charge in [-0.2, -0.15) is 0 Å². The normalized spacial score (nSPS) is 26.8. The van der Waals surface area contributed by atoms with Crippen molar-refractivity contribution in [3.8, 4) is 5.88 Å². The Morgan fingerprint density at radius 1 is 1.22 bits per heavy atom. The lowest BCUT2D eigenvalue weighted by Gasteiger charge is -2.31. The van der Waals surface area contributed by atoms with Gasteiger partial charge in [-0.3, -0.25) is 0 Å². The molecule has 0 spiro atoms. The van der Waals surface area contributed by atoms with Gasteiger partial charge in [-0.15, -0.1) is 0 Å². The monoisotopic (exact) mass is 316 g/mol. The first-order valence-electron chi connectivity index (χ1n) is 7.75. The fourth-order valence-corrected chi connectivity index (χ4v) is 3.27.